The number of rotatable bonds is 4. The van der Waals surface area contributed by atoms with Crippen molar-refractivity contribution in [3.05, 3.63) is 47.4 Å². The van der Waals surface area contributed by atoms with Gasteiger partial charge >= 0.3 is 0 Å². The molecule has 0 radical (unpaired) electrons. The van der Waals surface area contributed by atoms with Gasteiger partial charge in [-0.2, -0.15) is 5.10 Å². The molecule has 1 aromatic carbocycles. The number of nitrogens with zero attached hydrogens (tertiary/aromatic N) is 4. The summed E-state index contributed by atoms with van der Waals surface area (Å²) < 4.78 is 2.05. The van der Waals surface area contributed by atoms with Crippen LogP contribution >= 0.6 is 11.3 Å². The molecular weight excluding hydrogens is 306 g/mol. The molecule has 0 bridgehead atoms. The van der Waals surface area contributed by atoms with E-state index in [-0.39, 0.29) is 0 Å². The van der Waals surface area contributed by atoms with Crippen LogP contribution in [0.5, 0.6) is 0 Å². The van der Waals surface area contributed by atoms with Crippen LogP contribution in [0.3, 0.4) is 0 Å². The van der Waals surface area contributed by atoms with Crippen LogP contribution < -0.4 is 5.32 Å². The fourth-order valence-corrected chi connectivity index (χ4v) is 3.68. The van der Waals surface area contributed by atoms with Gasteiger partial charge in [-0.1, -0.05) is 37.3 Å². The van der Waals surface area contributed by atoms with Crippen molar-refractivity contribution in [2.45, 2.75) is 38.8 Å². The van der Waals surface area contributed by atoms with Gasteiger partial charge < -0.3 is 5.32 Å². The first kappa shape index (κ1) is 14.4. The standard InChI is InChI=1S/C17H19N5S/c1-2-15-20-16-9-8-13(10-22(16)21-15)18-17-19-14(11-23-17)12-6-4-3-5-7-12/h3-7,11,13H,2,8-10H2,1H3,(H,18,19). The summed E-state index contributed by atoms with van der Waals surface area (Å²) in [6.07, 6.45) is 2.94. The molecule has 0 saturated heterocycles. The lowest BCUT2D eigenvalue weighted by molar-refractivity contribution is 0.440. The van der Waals surface area contributed by atoms with E-state index in [0.29, 0.717) is 6.04 Å². The van der Waals surface area contributed by atoms with Crippen molar-refractivity contribution >= 4 is 16.5 Å². The van der Waals surface area contributed by atoms with Crippen LogP contribution in [0.4, 0.5) is 5.13 Å². The minimum absolute atomic E-state index is 0.365. The Morgan fingerprint density at radius 3 is 2.96 bits per heavy atom. The normalized spacial score (nSPS) is 17.0. The molecule has 1 N–H and O–H groups in total. The first-order chi connectivity index (χ1) is 11.3. The molecule has 0 fully saturated rings. The SMILES string of the molecule is CCc1nc2n(n1)CC(Nc1nc(-c3ccccc3)cs1)CC2. The van der Waals surface area contributed by atoms with Gasteiger partial charge in [0.2, 0.25) is 0 Å². The second-order valence-corrected chi connectivity index (χ2v) is 6.62. The van der Waals surface area contributed by atoms with Crippen molar-refractivity contribution in [3.63, 3.8) is 0 Å². The van der Waals surface area contributed by atoms with Gasteiger partial charge in [0.15, 0.2) is 11.0 Å². The number of aromatic nitrogens is 4. The second-order valence-electron chi connectivity index (χ2n) is 5.76. The third-order valence-corrected chi connectivity index (χ3v) is 4.89. The van der Waals surface area contributed by atoms with Gasteiger partial charge in [-0.15, -0.1) is 11.3 Å². The average Bonchev–Trinajstić information content (AvgIpc) is 3.22. The summed E-state index contributed by atoms with van der Waals surface area (Å²) in [5, 5.41) is 11.2. The van der Waals surface area contributed by atoms with Crippen LogP contribution in [0.1, 0.15) is 25.0 Å². The highest BCUT2D eigenvalue weighted by atomic mass is 32.1. The Balaban J connectivity index is 1.46. The zero-order chi connectivity index (χ0) is 15.6. The summed E-state index contributed by atoms with van der Waals surface area (Å²) in [6, 6.07) is 10.7. The van der Waals surface area contributed by atoms with E-state index < -0.39 is 0 Å². The third-order valence-electron chi connectivity index (χ3n) is 4.12. The maximum Gasteiger partial charge on any atom is 0.183 e. The number of nitrogens with one attached hydrogen (secondary N) is 1. The highest BCUT2D eigenvalue weighted by Gasteiger charge is 2.22. The number of hydrogen-bond acceptors (Lipinski definition) is 5. The molecule has 0 spiro atoms. The summed E-state index contributed by atoms with van der Waals surface area (Å²) >= 11 is 1.66. The minimum Gasteiger partial charge on any atom is -0.357 e. The highest BCUT2D eigenvalue weighted by Crippen LogP contribution is 2.26. The monoisotopic (exact) mass is 325 g/mol. The quantitative estimate of drug-likeness (QED) is 0.799. The minimum atomic E-state index is 0.365. The number of hydrogen-bond donors (Lipinski definition) is 1. The molecule has 23 heavy (non-hydrogen) atoms. The molecule has 5 nitrogen and oxygen atoms in total. The molecule has 2 aromatic heterocycles. The Hall–Kier alpha value is -2.21. The number of benzene rings is 1. The summed E-state index contributed by atoms with van der Waals surface area (Å²) in [4.78, 5) is 9.28. The fraction of sp³-hybridized carbons (Fsp3) is 0.353. The van der Waals surface area contributed by atoms with Crippen molar-refractivity contribution in [2.24, 2.45) is 0 Å². The summed E-state index contributed by atoms with van der Waals surface area (Å²) in [6.45, 7) is 2.96. The number of fused-ring (bicyclic) bond motifs is 1. The molecule has 3 aromatic rings. The van der Waals surface area contributed by atoms with E-state index in [4.69, 9.17) is 4.98 Å². The van der Waals surface area contributed by atoms with Gasteiger partial charge in [0, 0.05) is 29.8 Å². The number of thiazole rings is 1. The van der Waals surface area contributed by atoms with Crippen molar-refractivity contribution in [2.75, 3.05) is 5.32 Å². The molecule has 0 amide bonds. The van der Waals surface area contributed by atoms with Crippen molar-refractivity contribution < 1.29 is 0 Å². The van der Waals surface area contributed by atoms with Crippen LogP contribution in [-0.4, -0.2) is 25.8 Å². The average molecular weight is 325 g/mol. The third kappa shape index (κ3) is 2.99. The van der Waals surface area contributed by atoms with Gasteiger partial charge in [-0.05, 0) is 6.42 Å². The van der Waals surface area contributed by atoms with Gasteiger partial charge in [-0.25, -0.2) is 14.6 Å². The zero-order valence-electron chi connectivity index (χ0n) is 13.1. The van der Waals surface area contributed by atoms with E-state index in [1.807, 2.05) is 22.9 Å². The summed E-state index contributed by atoms with van der Waals surface area (Å²) in [7, 11) is 0. The molecule has 118 valence electrons. The maximum atomic E-state index is 4.71. The molecule has 1 aliphatic heterocycles. The van der Waals surface area contributed by atoms with Gasteiger partial charge in [-0.3, -0.25) is 0 Å². The Morgan fingerprint density at radius 2 is 2.13 bits per heavy atom. The summed E-state index contributed by atoms with van der Waals surface area (Å²) in [5.74, 6) is 2.06. The lowest BCUT2D eigenvalue weighted by Crippen LogP contribution is -2.31. The first-order valence-electron chi connectivity index (χ1n) is 8.02. The molecular formula is C17H19N5S. The Kier molecular flexibility index (Phi) is 3.83. The van der Waals surface area contributed by atoms with Gasteiger partial charge in [0.25, 0.3) is 0 Å². The second kappa shape index (κ2) is 6.12. The van der Waals surface area contributed by atoms with E-state index in [0.717, 1.165) is 53.8 Å². The largest absolute Gasteiger partial charge is 0.357 e. The van der Waals surface area contributed by atoms with Gasteiger partial charge in [0.1, 0.15) is 5.82 Å². The molecule has 0 aliphatic carbocycles. The molecule has 1 aliphatic rings. The number of aryl methyl sites for hydroxylation is 2. The Morgan fingerprint density at radius 1 is 1.26 bits per heavy atom. The van der Waals surface area contributed by atoms with Crippen molar-refractivity contribution in [1.29, 1.82) is 0 Å². The van der Waals surface area contributed by atoms with E-state index in [1.54, 1.807) is 11.3 Å². The van der Waals surface area contributed by atoms with E-state index in [1.165, 1.54) is 0 Å². The van der Waals surface area contributed by atoms with E-state index >= 15 is 0 Å². The van der Waals surface area contributed by atoms with Crippen molar-refractivity contribution in [3.8, 4) is 11.3 Å². The van der Waals surface area contributed by atoms with Crippen molar-refractivity contribution in [1.82, 2.24) is 19.7 Å². The maximum absolute atomic E-state index is 4.71. The lowest BCUT2D eigenvalue weighted by Gasteiger charge is -2.23. The molecule has 3 heterocycles. The van der Waals surface area contributed by atoms with E-state index in [2.05, 4.69) is 39.8 Å². The fourth-order valence-electron chi connectivity index (χ4n) is 2.88. The number of anilines is 1. The predicted octanol–water partition coefficient (Wildman–Crippen LogP) is 3.39. The van der Waals surface area contributed by atoms with Crippen LogP contribution in [0, 0.1) is 0 Å². The molecule has 6 heteroatoms. The van der Waals surface area contributed by atoms with Crippen LogP contribution in [-0.2, 0) is 19.4 Å². The summed E-state index contributed by atoms with van der Waals surface area (Å²) in [5.41, 5.74) is 2.19. The lowest BCUT2D eigenvalue weighted by atomic mass is 10.1. The molecule has 1 unspecified atom stereocenters. The first-order valence-corrected chi connectivity index (χ1v) is 8.90. The van der Waals surface area contributed by atoms with Crippen LogP contribution in [0.15, 0.2) is 35.7 Å². The topological polar surface area (TPSA) is 55.6 Å². The Labute approximate surface area is 139 Å². The van der Waals surface area contributed by atoms with Gasteiger partial charge in [0.05, 0.1) is 12.2 Å². The molecule has 4 rings (SSSR count). The highest BCUT2D eigenvalue weighted by molar-refractivity contribution is 7.14. The smallest absolute Gasteiger partial charge is 0.183 e. The molecule has 1 atom stereocenters. The zero-order valence-corrected chi connectivity index (χ0v) is 13.9. The predicted molar refractivity (Wildman–Crippen MR) is 92.7 cm³/mol. The van der Waals surface area contributed by atoms with Crippen LogP contribution in [0.25, 0.3) is 11.3 Å². The Bertz CT molecular complexity index is 792. The van der Waals surface area contributed by atoms with Crippen LogP contribution in [0.2, 0.25) is 0 Å². The molecule has 0 saturated carbocycles. The van der Waals surface area contributed by atoms with E-state index in [9.17, 15) is 0 Å².